The average molecular weight is 363 g/mol. The second kappa shape index (κ2) is 5.64. The zero-order valence-corrected chi connectivity index (χ0v) is 12.5. The number of alkyl halides is 5. The van der Waals surface area contributed by atoms with E-state index in [-0.39, 0.29) is 5.75 Å². The van der Waals surface area contributed by atoms with Crippen LogP contribution in [0, 0.1) is 5.82 Å². The van der Waals surface area contributed by atoms with Crippen molar-refractivity contribution in [2.24, 2.45) is 0 Å². The van der Waals surface area contributed by atoms with Crippen LogP contribution in [0.5, 0.6) is 11.5 Å². The molecule has 25 heavy (non-hydrogen) atoms. The topological polar surface area (TPSA) is 22.1 Å². The molecule has 0 fully saturated rings. The number of nitrogens with zero attached hydrogens (tertiary/aromatic N) is 1. The number of hydrogen-bond acceptors (Lipinski definition) is 2. The van der Waals surface area contributed by atoms with Crippen molar-refractivity contribution >= 4 is 12.5 Å². The van der Waals surface area contributed by atoms with Gasteiger partial charge in [-0.2, -0.15) is 8.78 Å². The van der Waals surface area contributed by atoms with Gasteiger partial charge in [-0.1, -0.05) is 0 Å². The summed E-state index contributed by atoms with van der Waals surface area (Å²) >= 11 is 0. The fourth-order valence-electron chi connectivity index (χ4n) is 2.75. The maximum Gasteiger partial charge on any atom is 0.426 e. The molecule has 0 bridgehead atoms. The summed E-state index contributed by atoms with van der Waals surface area (Å²) in [6, 6.07) is 2.18. The van der Waals surface area contributed by atoms with E-state index in [9.17, 15) is 30.7 Å². The van der Waals surface area contributed by atoms with Crippen molar-refractivity contribution in [3.8, 4) is 11.5 Å². The van der Waals surface area contributed by atoms with E-state index in [1.165, 1.54) is 0 Å². The Hall–Kier alpha value is -2.26. The molecule has 1 aromatic heterocycles. The molecule has 1 aromatic carbocycles. The van der Waals surface area contributed by atoms with E-state index in [1.807, 2.05) is 0 Å². The molecule has 0 radical (unpaired) electrons. The molecule has 2 nitrogen and oxygen atoms in total. The number of fused-ring (bicyclic) bond motifs is 1. The predicted octanol–water partition coefficient (Wildman–Crippen LogP) is 4.49. The van der Waals surface area contributed by atoms with Crippen LogP contribution in [-0.2, 0) is 5.92 Å². The van der Waals surface area contributed by atoms with Crippen molar-refractivity contribution in [2.75, 3.05) is 0 Å². The predicted molar refractivity (Wildman–Crippen MR) is 75.6 cm³/mol. The van der Waals surface area contributed by atoms with Gasteiger partial charge < -0.3 is 9.05 Å². The lowest BCUT2D eigenvalue weighted by Gasteiger charge is -2.23. The molecule has 2 heterocycles. The van der Waals surface area contributed by atoms with Gasteiger partial charge in [0, 0.05) is 11.6 Å². The molecule has 1 aliphatic heterocycles. The minimum absolute atomic E-state index is 0.301. The lowest BCUT2D eigenvalue weighted by Crippen LogP contribution is -2.46. The van der Waals surface area contributed by atoms with Gasteiger partial charge in [0.1, 0.15) is 17.3 Å². The van der Waals surface area contributed by atoms with E-state index in [2.05, 4.69) is 4.98 Å². The molecule has 0 aliphatic carbocycles. The normalized spacial score (nSPS) is 21.6. The van der Waals surface area contributed by atoms with Gasteiger partial charge in [0.2, 0.25) is 0 Å². The van der Waals surface area contributed by atoms with Crippen LogP contribution in [-0.4, -0.2) is 17.5 Å². The zero-order chi connectivity index (χ0) is 18.6. The molecule has 0 spiro atoms. The smallest absolute Gasteiger partial charge is 0.426 e. The first kappa shape index (κ1) is 17.6. The third-order valence-corrected chi connectivity index (χ3v) is 4.05. The monoisotopic (exact) mass is 363 g/mol. The molecule has 1 aliphatic rings. The highest BCUT2D eigenvalue weighted by atomic mass is 19.3. The largest absolute Gasteiger partial charge is 0.455 e. The summed E-state index contributed by atoms with van der Waals surface area (Å²) in [5.74, 6) is -6.10. The van der Waals surface area contributed by atoms with E-state index in [1.54, 1.807) is 0 Å². The molecule has 1 unspecified atom stereocenters. The van der Waals surface area contributed by atoms with Crippen LogP contribution in [0.2, 0.25) is 0 Å². The Morgan fingerprint density at radius 3 is 2.44 bits per heavy atom. The Balaban J connectivity index is 2.17. The Labute approximate surface area is 137 Å². The van der Waals surface area contributed by atoms with Crippen LogP contribution < -0.4 is 10.2 Å². The number of pyridine rings is 1. The first-order valence-corrected chi connectivity index (χ1v) is 7.02. The van der Waals surface area contributed by atoms with Crippen molar-refractivity contribution in [2.45, 2.75) is 24.8 Å². The lowest BCUT2D eigenvalue weighted by atomic mass is 9.55. The first-order valence-electron chi connectivity index (χ1n) is 7.02. The van der Waals surface area contributed by atoms with Crippen LogP contribution in [0.4, 0.5) is 30.7 Å². The second-order valence-electron chi connectivity index (χ2n) is 5.69. The van der Waals surface area contributed by atoms with Gasteiger partial charge in [0.15, 0.2) is 5.57 Å². The van der Waals surface area contributed by atoms with Crippen molar-refractivity contribution in [3.05, 3.63) is 47.5 Å². The third-order valence-electron chi connectivity index (χ3n) is 4.05. The van der Waals surface area contributed by atoms with Crippen molar-refractivity contribution in [1.82, 2.24) is 4.98 Å². The van der Waals surface area contributed by atoms with Gasteiger partial charge in [-0.3, -0.25) is 4.98 Å². The number of ether oxygens (including phenoxy) is 1. The Morgan fingerprint density at radius 2 is 1.84 bits per heavy atom. The molecule has 132 valence electrons. The van der Waals surface area contributed by atoms with Gasteiger partial charge in [-0.15, -0.1) is 0 Å². The summed E-state index contributed by atoms with van der Waals surface area (Å²) in [5.41, 5.74) is -7.19. The van der Waals surface area contributed by atoms with Crippen LogP contribution in [0.15, 0.2) is 30.6 Å². The molecule has 1 atom stereocenters. The first-order chi connectivity index (χ1) is 11.6. The minimum atomic E-state index is -4.29. The summed E-state index contributed by atoms with van der Waals surface area (Å²) < 4.78 is 102. The van der Waals surface area contributed by atoms with Crippen LogP contribution >= 0.6 is 0 Å². The van der Waals surface area contributed by atoms with E-state index in [4.69, 9.17) is 4.74 Å². The standard InChI is InChI=1S/C15H9BF7NO/c1-14(20)15(21,22)9-2-3-10(11(13(18)19)12(9)16(14)23)25-8-4-7(17)5-24-6-8/h2-6,13H,1H3. The number of halogens is 7. The minimum Gasteiger partial charge on any atom is -0.455 e. The van der Waals surface area contributed by atoms with Crippen molar-refractivity contribution < 1.29 is 35.4 Å². The Kier molecular flexibility index (Phi) is 3.96. The third kappa shape index (κ3) is 2.54. The Bertz CT molecular complexity index is 828. The van der Waals surface area contributed by atoms with Gasteiger partial charge in [-0.25, -0.2) is 17.6 Å². The highest BCUT2D eigenvalue weighted by Crippen LogP contribution is 2.50. The summed E-state index contributed by atoms with van der Waals surface area (Å²) in [5, 5.41) is 0. The van der Waals surface area contributed by atoms with Gasteiger partial charge in [0.25, 0.3) is 6.43 Å². The van der Waals surface area contributed by atoms with Gasteiger partial charge in [-0.05, 0) is 24.5 Å². The molecule has 0 saturated carbocycles. The maximum absolute atomic E-state index is 14.3. The van der Waals surface area contributed by atoms with E-state index in [0.717, 1.165) is 24.5 Å². The number of rotatable bonds is 3. The van der Waals surface area contributed by atoms with E-state index >= 15 is 0 Å². The quantitative estimate of drug-likeness (QED) is 0.592. The summed E-state index contributed by atoms with van der Waals surface area (Å²) in [7, 11) is 0. The van der Waals surface area contributed by atoms with Crippen LogP contribution in [0.3, 0.4) is 0 Å². The fraction of sp³-hybridized carbons (Fsp3) is 0.267. The van der Waals surface area contributed by atoms with Gasteiger partial charge in [0.05, 0.1) is 18.0 Å². The molecule has 0 saturated heterocycles. The molecule has 0 amide bonds. The van der Waals surface area contributed by atoms with E-state index in [0.29, 0.717) is 13.0 Å². The highest BCUT2D eigenvalue weighted by molar-refractivity contribution is 6.72. The average Bonchev–Trinajstić information content (AvgIpc) is 2.65. The molecular formula is C15H9BF7NO. The summed E-state index contributed by atoms with van der Waals surface area (Å²) in [4.78, 5) is 3.45. The van der Waals surface area contributed by atoms with E-state index < -0.39 is 53.1 Å². The number of hydrogen-bond donors (Lipinski definition) is 0. The molecule has 3 rings (SSSR count). The maximum atomic E-state index is 14.3. The van der Waals surface area contributed by atoms with Gasteiger partial charge >= 0.3 is 12.9 Å². The lowest BCUT2D eigenvalue weighted by molar-refractivity contribution is -0.0932. The molecule has 2 aromatic rings. The zero-order valence-electron chi connectivity index (χ0n) is 12.5. The summed E-state index contributed by atoms with van der Waals surface area (Å²) in [6.07, 6.45) is -1.60. The second-order valence-corrected chi connectivity index (χ2v) is 5.69. The van der Waals surface area contributed by atoms with Crippen molar-refractivity contribution in [3.63, 3.8) is 0 Å². The Morgan fingerprint density at radius 1 is 1.16 bits per heavy atom. The van der Waals surface area contributed by atoms with Crippen LogP contribution in [0.25, 0.3) is 0 Å². The molecule has 10 heteroatoms. The van der Waals surface area contributed by atoms with Crippen LogP contribution in [0.1, 0.15) is 24.5 Å². The SMILES string of the molecule is CC1(F)B(F)c2c(ccc(Oc3cncc(F)c3)c2C(F)F)C1(F)F. The number of benzene rings is 1. The highest BCUT2D eigenvalue weighted by Gasteiger charge is 2.69. The summed E-state index contributed by atoms with van der Waals surface area (Å²) in [6.45, 7) is -2.67. The number of aromatic nitrogens is 1. The molecular weight excluding hydrogens is 354 g/mol. The molecule has 0 N–H and O–H groups in total. The fourth-order valence-corrected chi connectivity index (χ4v) is 2.75. The van der Waals surface area contributed by atoms with Crippen molar-refractivity contribution in [1.29, 1.82) is 0 Å².